The highest BCUT2D eigenvalue weighted by Gasteiger charge is 2.26. The summed E-state index contributed by atoms with van der Waals surface area (Å²) < 4.78 is 34.4. The number of carbonyl (C=O) groups excluding carboxylic acids is 1. The fourth-order valence-electron chi connectivity index (χ4n) is 4.13. The second kappa shape index (κ2) is 9.10. The van der Waals surface area contributed by atoms with Crippen LogP contribution in [-0.4, -0.2) is 44.5 Å². The van der Waals surface area contributed by atoms with Crippen molar-refractivity contribution in [2.45, 2.75) is 65.2 Å². The van der Waals surface area contributed by atoms with Crippen molar-refractivity contribution in [2.24, 2.45) is 0 Å². The molecular weight excluding hydrogens is 412 g/mol. The van der Waals surface area contributed by atoms with Gasteiger partial charge in [-0.25, -0.2) is 13.1 Å². The van der Waals surface area contributed by atoms with Gasteiger partial charge in [0, 0.05) is 25.2 Å². The molecule has 6 nitrogen and oxygen atoms in total. The van der Waals surface area contributed by atoms with Gasteiger partial charge in [0.25, 0.3) is 5.91 Å². The number of morpholine rings is 1. The molecule has 1 N–H and O–H groups in total. The van der Waals surface area contributed by atoms with Crippen LogP contribution in [0.5, 0.6) is 0 Å². The second-order valence-corrected chi connectivity index (χ2v) is 10.3. The Bertz CT molecular complexity index is 1040. The zero-order valence-electron chi connectivity index (χ0n) is 19.2. The summed E-state index contributed by atoms with van der Waals surface area (Å²) in [5, 5.41) is 0. The summed E-state index contributed by atoms with van der Waals surface area (Å²) in [5.74, 6) is -0.0318. The van der Waals surface area contributed by atoms with Crippen LogP contribution < -0.4 is 4.72 Å². The quantitative estimate of drug-likeness (QED) is 0.764. The molecule has 2 aromatic rings. The summed E-state index contributed by atoms with van der Waals surface area (Å²) in [6.45, 7) is 12.7. The maximum Gasteiger partial charge on any atom is 0.254 e. The van der Waals surface area contributed by atoms with E-state index >= 15 is 0 Å². The number of benzene rings is 2. The van der Waals surface area contributed by atoms with Crippen LogP contribution in [-0.2, 0) is 21.3 Å². The van der Waals surface area contributed by atoms with Crippen LogP contribution in [0.15, 0.2) is 35.2 Å². The second-order valence-electron chi connectivity index (χ2n) is 8.58. The maximum absolute atomic E-state index is 13.0. The first-order valence-corrected chi connectivity index (χ1v) is 12.1. The molecule has 0 radical (unpaired) electrons. The monoisotopic (exact) mass is 444 g/mol. The normalized spacial score (nSPS) is 19.5. The molecule has 1 amide bonds. The zero-order valence-corrected chi connectivity index (χ0v) is 20.0. The van der Waals surface area contributed by atoms with E-state index in [2.05, 4.69) is 4.72 Å². The van der Waals surface area contributed by atoms with Crippen molar-refractivity contribution in [2.75, 3.05) is 13.1 Å². The van der Waals surface area contributed by atoms with Crippen molar-refractivity contribution < 1.29 is 17.9 Å². The van der Waals surface area contributed by atoms with Crippen LogP contribution in [0.2, 0.25) is 0 Å². The molecule has 0 saturated carbocycles. The maximum atomic E-state index is 13.0. The standard InChI is InChI=1S/C24H32N2O4S/c1-15-11-16(2)20(6)23(19(15)5)31(28,29)25-12-21-7-9-22(10-8-21)24(27)26-13-17(3)30-18(4)14-26/h7-11,17-18,25H,12-14H2,1-6H3/t17-,18-/m0/s1. The number of hydrogen-bond donors (Lipinski definition) is 1. The van der Waals surface area contributed by atoms with E-state index in [1.807, 2.05) is 52.5 Å². The molecule has 2 aromatic carbocycles. The highest BCUT2D eigenvalue weighted by atomic mass is 32.2. The Morgan fingerprint density at radius 3 is 2.03 bits per heavy atom. The molecule has 3 rings (SSSR count). The first kappa shape index (κ1) is 23.4. The Labute approximate surface area is 185 Å². The molecule has 0 aromatic heterocycles. The molecule has 0 bridgehead atoms. The molecule has 1 fully saturated rings. The number of rotatable bonds is 5. The minimum absolute atomic E-state index is 0.0125. The largest absolute Gasteiger partial charge is 0.372 e. The van der Waals surface area contributed by atoms with Gasteiger partial charge in [-0.2, -0.15) is 0 Å². The fourth-order valence-corrected chi connectivity index (χ4v) is 5.75. The van der Waals surface area contributed by atoms with Gasteiger partial charge in [-0.05, 0) is 81.5 Å². The molecule has 1 aliphatic rings. The van der Waals surface area contributed by atoms with Crippen molar-refractivity contribution in [1.29, 1.82) is 0 Å². The molecule has 168 valence electrons. The van der Waals surface area contributed by atoms with E-state index < -0.39 is 10.0 Å². The Morgan fingerprint density at radius 2 is 1.52 bits per heavy atom. The zero-order chi connectivity index (χ0) is 22.9. The number of nitrogens with one attached hydrogen (secondary N) is 1. The van der Waals surface area contributed by atoms with Crippen LogP contribution in [0.4, 0.5) is 0 Å². The Kier molecular flexibility index (Phi) is 6.88. The Morgan fingerprint density at radius 1 is 1.00 bits per heavy atom. The lowest BCUT2D eigenvalue weighted by Gasteiger charge is -2.35. The van der Waals surface area contributed by atoms with E-state index in [0.717, 1.165) is 27.8 Å². The number of aryl methyl sites for hydroxylation is 2. The lowest BCUT2D eigenvalue weighted by molar-refractivity contribution is -0.0586. The number of carbonyl (C=O) groups is 1. The van der Waals surface area contributed by atoms with Gasteiger partial charge in [0.05, 0.1) is 17.1 Å². The predicted molar refractivity (Wildman–Crippen MR) is 122 cm³/mol. The van der Waals surface area contributed by atoms with Gasteiger partial charge in [-0.15, -0.1) is 0 Å². The minimum Gasteiger partial charge on any atom is -0.372 e. The molecule has 7 heteroatoms. The minimum atomic E-state index is -3.66. The van der Waals surface area contributed by atoms with E-state index in [0.29, 0.717) is 23.5 Å². The summed E-state index contributed by atoms with van der Waals surface area (Å²) in [7, 11) is -3.66. The third kappa shape index (κ3) is 5.17. The Balaban J connectivity index is 1.72. The Hall–Kier alpha value is -2.22. The third-order valence-corrected chi connectivity index (χ3v) is 7.61. The van der Waals surface area contributed by atoms with Crippen molar-refractivity contribution in [3.63, 3.8) is 0 Å². The van der Waals surface area contributed by atoms with E-state index in [1.165, 1.54) is 0 Å². The molecule has 1 saturated heterocycles. The summed E-state index contributed by atoms with van der Waals surface area (Å²) in [6, 6.07) is 9.11. The fraction of sp³-hybridized carbons (Fsp3) is 0.458. The molecule has 0 aliphatic carbocycles. The van der Waals surface area contributed by atoms with Gasteiger partial charge in [-0.3, -0.25) is 4.79 Å². The van der Waals surface area contributed by atoms with Crippen LogP contribution in [0, 0.1) is 27.7 Å². The first-order chi connectivity index (χ1) is 14.5. The highest BCUT2D eigenvalue weighted by molar-refractivity contribution is 7.89. The smallest absolute Gasteiger partial charge is 0.254 e. The summed E-state index contributed by atoms with van der Waals surface area (Å²) in [4.78, 5) is 15.0. The van der Waals surface area contributed by atoms with E-state index in [4.69, 9.17) is 4.74 Å². The summed E-state index contributed by atoms with van der Waals surface area (Å²) >= 11 is 0. The molecule has 0 unspecified atom stereocenters. The number of ether oxygens (including phenoxy) is 1. The first-order valence-electron chi connectivity index (χ1n) is 10.6. The van der Waals surface area contributed by atoms with Crippen LogP contribution >= 0.6 is 0 Å². The number of amides is 1. The van der Waals surface area contributed by atoms with Gasteiger partial charge >= 0.3 is 0 Å². The van der Waals surface area contributed by atoms with E-state index in [1.54, 1.807) is 24.3 Å². The number of sulfonamides is 1. The SMILES string of the molecule is Cc1cc(C)c(C)c(S(=O)(=O)NCc2ccc(C(=O)N3C[C@H](C)O[C@@H](C)C3)cc2)c1C. The van der Waals surface area contributed by atoms with Crippen molar-refractivity contribution in [1.82, 2.24) is 9.62 Å². The number of nitrogens with zero attached hydrogens (tertiary/aromatic N) is 1. The van der Waals surface area contributed by atoms with E-state index in [9.17, 15) is 13.2 Å². The lowest BCUT2D eigenvalue weighted by atomic mass is 10.0. The predicted octanol–water partition coefficient (Wildman–Crippen LogP) is 3.65. The molecule has 2 atom stereocenters. The molecule has 0 spiro atoms. The van der Waals surface area contributed by atoms with Gasteiger partial charge in [0.15, 0.2) is 0 Å². The summed E-state index contributed by atoms with van der Waals surface area (Å²) in [6.07, 6.45) is 0.0251. The topological polar surface area (TPSA) is 75.7 Å². The van der Waals surface area contributed by atoms with Crippen molar-refractivity contribution in [3.8, 4) is 0 Å². The van der Waals surface area contributed by atoms with Gasteiger partial charge in [0.1, 0.15) is 0 Å². The average molecular weight is 445 g/mol. The van der Waals surface area contributed by atoms with Crippen LogP contribution in [0.1, 0.15) is 52.0 Å². The average Bonchev–Trinajstić information content (AvgIpc) is 2.70. The summed E-state index contributed by atoms with van der Waals surface area (Å²) in [5.41, 5.74) is 4.84. The van der Waals surface area contributed by atoms with Gasteiger partial charge in [0.2, 0.25) is 10.0 Å². The number of hydrogen-bond acceptors (Lipinski definition) is 4. The molecule has 1 heterocycles. The van der Waals surface area contributed by atoms with Crippen molar-refractivity contribution >= 4 is 15.9 Å². The van der Waals surface area contributed by atoms with Gasteiger partial charge < -0.3 is 9.64 Å². The molecule has 1 aliphatic heterocycles. The van der Waals surface area contributed by atoms with Crippen LogP contribution in [0.3, 0.4) is 0 Å². The third-order valence-electron chi connectivity index (χ3n) is 5.94. The van der Waals surface area contributed by atoms with Gasteiger partial charge in [-0.1, -0.05) is 18.2 Å². The van der Waals surface area contributed by atoms with Crippen molar-refractivity contribution in [3.05, 3.63) is 63.7 Å². The lowest BCUT2D eigenvalue weighted by Crippen LogP contribution is -2.48. The highest BCUT2D eigenvalue weighted by Crippen LogP contribution is 2.26. The molecule has 31 heavy (non-hydrogen) atoms. The molecular formula is C24H32N2O4S. The van der Waals surface area contributed by atoms with E-state index in [-0.39, 0.29) is 24.7 Å². The van der Waals surface area contributed by atoms with Crippen LogP contribution in [0.25, 0.3) is 0 Å².